The molecule has 3 rings (SSSR count). The summed E-state index contributed by atoms with van der Waals surface area (Å²) < 4.78 is 5.62. The smallest absolute Gasteiger partial charge is 0.258 e. The summed E-state index contributed by atoms with van der Waals surface area (Å²) in [4.78, 5) is 23.3. The molecule has 2 heterocycles. The highest BCUT2D eigenvalue weighted by Gasteiger charge is 2.19. The molecular formula is C21H28N4O2. The van der Waals surface area contributed by atoms with E-state index in [0.717, 1.165) is 30.8 Å². The molecule has 144 valence electrons. The van der Waals surface area contributed by atoms with Crippen LogP contribution in [0.15, 0.2) is 30.3 Å². The number of hydrogen-bond acceptors (Lipinski definition) is 5. The first-order chi connectivity index (χ1) is 13.0. The lowest BCUT2D eigenvalue weighted by Crippen LogP contribution is -2.35. The summed E-state index contributed by atoms with van der Waals surface area (Å²) >= 11 is 0. The summed E-state index contributed by atoms with van der Waals surface area (Å²) in [5.41, 5.74) is 3.10. The molecule has 0 unspecified atom stereocenters. The maximum atomic E-state index is 12.1. The van der Waals surface area contributed by atoms with Gasteiger partial charge in [0.05, 0.1) is 0 Å². The quantitative estimate of drug-likeness (QED) is 0.849. The van der Waals surface area contributed by atoms with Crippen molar-refractivity contribution >= 4 is 11.9 Å². The second-order valence-electron chi connectivity index (χ2n) is 7.39. The molecule has 1 fully saturated rings. The van der Waals surface area contributed by atoms with Crippen molar-refractivity contribution in [1.29, 1.82) is 0 Å². The van der Waals surface area contributed by atoms with Crippen LogP contribution in [0, 0.1) is 19.8 Å². The predicted molar refractivity (Wildman–Crippen MR) is 106 cm³/mol. The van der Waals surface area contributed by atoms with E-state index < -0.39 is 0 Å². The van der Waals surface area contributed by atoms with Crippen LogP contribution in [0.3, 0.4) is 0 Å². The first-order valence-corrected chi connectivity index (χ1v) is 9.55. The molecule has 0 radical (unpaired) electrons. The first kappa shape index (κ1) is 19.1. The minimum absolute atomic E-state index is 0.0574. The number of aromatic nitrogens is 2. The van der Waals surface area contributed by atoms with Crippen LogP contribution < -0.4 is 15.0 Å². The summed E-state index contributed by atoms with van der Waals surface area (Å²) in [6.07, 6.45) is 2.39. The van der Waals surface area contributed by atoms with Crippen LogP contribution in [0.5, 0.6) is 5.88 Å². The summed E-state index contributed by atoms with van der Waals surface area (Å²) in [7, 11) is 0. The van der Waals surface area contributed by atoms with Crippen molar-refractivity contribution in [3.05, 3.63) is 47.2 Å². The highest BCUT2D eigenvalue weighted by atomic mass is 16.5. The van der Waals surface area contributed by atoms with Crippen LogP contribution in [0.1, 0.15) is 36.6 Å². The standard InChI is InChI=1S/C21H28N4O2/c1-15-6-8-18(9-7-15)12-22-19(26)14-27-20-11-17(3)23-21(24-20)25-10-4-5-16(2)13-25/h6-9,11,16H,4-5,10,12-14H2,1-3H3,(H,22,26)/t16-/m1/s1. The van der Waals surface area contributed by atoms with E-state index in [4.69, 9.17) is 4.74 Å². The number of amides is 1. The molecule has 1 N–H and O–H groups in total. The summed E-state index contributed by atoms with van der Waals surface area (Å²) in [6.45, 7) is 8.56. The highest BCUT2D eigenvalue weighted by molar-refractivity contribution is 5.77. The van der Waals surface area contributed by atoms with Gasteiger partial charge in [-0.05, 0) is 38.2 Å². The molecule has 6 heteroatoms. The third kappa shape index (κ3) is 5.67. The topological polar surface area (TPSA) is 67.3 Å². The average molecular weight is 368 g/mol. The first-order valence-electron chi connectivity index (χ1n) is 9.55. The zero-order chi connectivity index (χ0) is 19.2. The second kappa shape index (κ2) is 8.84. The number of nitrogens with zero attached hydrogens (tertiary/aromatic N) is 3. The van der Waals surface area contributed by atoms with Crippen molar-refractivity contribution in [1.82, 2.24) is 15.3 Å². The van der Waals surface area contributed by atoms with E-state index in [1.165, 1.54) is 12.0 Å². The number of piperidine rings is 1. The molecule has 1 aliphatic rings. The minimum atomic E-state index is -0.167. The lowest BCUT2D eigenvalue weighted by Gasteiger charge is -2.31. The largest absolute Gasteiger partial charge is 0.467 e. The van der Waals surface area contributed by atoms with Gasteiger partial charge in [-0.15, -0.1) is 0 Å². The van der Waals surface area contributed by atoms with Crippen molar-refractivity contribution in [3.63, 3.8) is 0 Å². The average Bonchev–Trinajstić information content (AvgIpc) is 2.65. The molecule has 1 saturated heterocycles. The van der Waals surface area contributed by atoms with Gasteiger partial charge in [0.2, 0.25) is 11.8 Å². The van der Waals surface area contributed by atoms with Crippen molar-refractivity contribution in [2.75, 3.05) is 24.6 Å². The van der Waals surface area contributed by atoms with Crippen LogP contribution in [-0.2, 0) is 11.3 Å². The molecule has 1 aliphatic heterocycles. The molecule has 1 atom stereocenters. The second-order valence-corrected chi connectivity index (χ2v) is 7.39. The Bertz CT molecular complexity index is 776. The van der Waals surface area contributed by atoms with Crippen molar-refractivity contribution in [3.8, 4) is 5.88 Å². The molecule has 0 aliphatic carbocycles. The number of carbonyl (C=O) groups excluding carboxylic acids is 1. The Morgan fingerprint density at radius 3 is 2.78 bits per heavy atom. The summed E-state index contributed by atoms with van der Waals surface area (Å²) in [5, 5.41) is 2.87. The third-order valence-corrected chi connectivity index (χ3v) is 4.72. The maximum Gasteiger partial charge on any atom is 0.258 e. The van der Waals surface area contributed by atoms with E-state index in [1.54, 1.807) is 6.07 Å². The molecule has 2 aromatic rings. The molecule has 6 nitrogen and oxygen atoms in total. The van der Waals surface area contributed by atoms with E-state index in [9.17, 15) is 4.79 Å². The zero-order valence-electron chi connectivity index (χ0n) is 16.4. The molecule has 0 spiro atoms. The van der Waals surface area contributed by atoms with Gasteiger partial charge in [0, 0.05) is 31.4 Å². The molecule has 0 saturated carbocycles. The fourth-order valence-corrected chi connectivity index (χ4v) is 3.21. The third-order valence-electron chi connectivity index (χ3n) is 4.72. The predicted octanol–water partition coefficient (Wildman–Crippen LogP) is 3.02. The number of nitrogens with one attached hydrogen (secondary N) is 1. The van der Waals surface area contributed by atoms with E-state index in [1.807, 2.05) is 38.1 Å². The number of hydrogen-bond donors (Lipinski definition) is 1. The van der Waals surface area contributed by atoms with Gasteiger partial charge in [0.25, 0.3) is 5.91 Å². The Morgan fingerprint density at radius 2 is 2.04 bits per heavy atom. The Kier molecular flexibility index (Phi) is 6.27. The van der Waals surface area contributed by atoms with Gasteiger partial charge in [0.1, 0.15) is 0 Å². The number of ether oxygens (including phenoxy) is 1. The van der Waals surface area contributed by atoms with Gasteiger partial charge in [-0.25, -0.2) is 4.98 Å². The van der Waals surface area contributed by atoms with Gasteiger partial charge in [-0.3, -0.25) is 4.79 Å². The fraction of sp³-hybridized carbons (Fsp3) is 0.476. The van der Waals surface area contributed by atoms with E-state index in [2.05, 4.69) is 27.1 Å². The van der Waals surface area contributed by atoms with Crippen LogP contribution in [0.2, 0.25) is 0 Å². The SMILES string of the molecule is Cc1ccc(CNC(=O)COc2cc(C)nc(N3CCC[C@@H](C)C3)n2)cc1. The van der Waals surface area contributed by atoms with Gasteiger partial charge in [0.15, 0.2) is 6.61 Å². The van der Waals surface area contributed by atoms with E-state index >= 15 is 0 Å². The van der Waals surface area contributed by atoms with Gasteiger partial charge >= 0.3 is 0 Å². The molecule has 1 amide bonds. The molecule has 1 aromatic carbocycles. The summed E-state index contributed by atoms with van der Waals surface area (Å²) in [5.74, 6) is 1.61. The van der Waals surface area contributed by atoms with Crippen LogP contribution >= 0.6 is 0 Å². The Labute approximate surface area is 161 Å². The Morgan fingerprint density at radius 1 is 1.26 bits per heavy atom. The van der Waals surface area contributed by atoms with Crippen LogP contribution in [-0.4, -0.2) is 35.6 Å². The molecule has 27 heavy (non-hydrogen) atoms. The van der Waals surface area contributed by atoms with Gasteiger partial charge < -0.3 is 15.0 Å². The number of anilines is 1. The van der Waals surface area contributed by atoms with E-state index in [-0.39, 0.29) is 12.5 Å². The molecule has 1 aromatic heterocycles. The lowest BCUT2D eigenvalue weighted by atomic mass is 10.0. The fourth-order valence-electron chi connectivity index (χ4n) is 3.21. The maximum absolute atomic E-state index is 12.1. The number of rotatable bonds is 6. The van der Waals surface area contributed by atoms with E-state index in [0.29, 0.717) is 24.3 Å². The number of carbonyl (C=O) groups is 1. The monoisotopic (exact) mass is 368 g/mol. The van der Waals surface area contributed by atoms with Gasteiger partial charge in [-0.1, -0.05) is 36.8 Å². The number of benzene rings is 1. The normalized spacial score (nSPS) is 16.9. The zero-order valence-corrected chi connectivity index (χ0v) is 16.4. The highest BCUT2D eigenvalue weighted by Crippen LogP contribution is 2.22. The molecular weight excluding hydrogens is 340 g/mol. The Balaban J connectivity index is 1.54. The lowest BCUT2D eigenvalue weighted by molar-refractivity contribution is -0.123. The van der Waals surface area contributed by atoms with Gasteiger partial charge in [-0.2, -0.15) is 4.98 Å². The van der Waals surface area contributed by atoms with Crippen molar-refractivity contribution < 1.29 is 9.53 Å². The van der Waals surface area contributed by atoms with Crippen LogP contribution in [0.4, 0.5) is 5.95 Å². The van der Waals surface area contributed by atoms with Crippen molar-refractivity contribution in [2.45, 2.75) is 40.2 Å². The summed E-state index contributed by atoms with van der Waals surface area (Å²) in [6, 6.07) is 9.85. The molecule has 0 bridgehead atoms. The number of aryl methyl sites for hydroxylation is 2. The minimum Gasteiger partial charge on any atom is -0.467 e. The Hall–Kier alpha value is -2.63. The van der Waals surface area contributed by atoms with Crippen LogP contribution in [0.25, 0.3) is 0 Å². The van der Waals surface area contributed by atoms with Crippen molar-refractivity contribution in [2.24, 2.45) is 5.92 Å².